The van der Waals surface area contributed by atoms with Crippen LogP contribution in [-0.4, -0.2) is 36.1 Å². The normalized spacial score (nSPS) is 19.8. The molecule has 2 rings (SSSR count). The number of ether oxygens (including phenoxy) is 1. The van der Waals surface area contributed by atoms with Gasteiger partial charge in [-0.2, -0.15) is 0 Å². The molecule has 5 heteroatoms. The van der Waals surface area contributed by atoms with Crippen LogP contribution >= 0.6 is 15.9 Å². The third-order valence-corrected chi connectivity index (χ3v) is 3.18. The number of nitrogens with zero attached hydrogens (tertiary/aromatic N) is 1. The molecule has 0 bridgehead atoms. The van der Waals surface area contributed by atoms with E-state index in [-0.39, 0.29) is 11.5 Å². The van der Waals surface area contributed by atoms with E-state index in [0.717, 1.165) is 0 Å². The highest BCUT2D eigenvalue weighted by atomic mass is 79.9. The minimum Gasteiger partial charge on any atom is -0.457 e. The minimum absolute atomic E-state index is 0.0167. The summed E-state index contributed by atoms with van der Waals surface area (Å²) in [6.45, 7) is 5.77. The number of morpholine rings is 1. The molecule has 1 amide bonds. The summed E-state index contributed by atoms with van der Waals surface area (Å²) in [6.07, 6.45) is 1.50. The minimum atomic E-state index is -0.274. The topological polar surface area (TPSA) is 42.7 Å². The van der Waals surface area contributed by atoms with Crippen molar-refractivity contribution in [3.05, 3.63) is 22.6 Å². The van der Waals surface area contributed by atoms with Gasteiger partial charge in [0.25, 0.3) is 5.91 Å². The maximum Gasteiger partial charge on any atom is 0.258 e. The van der Waals surface area contributed by atoms with Gasteiger partial charge in [-0.05, 0) is 35.8 Å². The lowest BCUT2D eigenvalue weighted by molar-refractivity contribution is -0.0764. The fourth-order valence-electron chi connectivity index (χ4n) is 1.81. The van der Waals surface area contributed by atoms with E-state index in [4.69, 9.17) is 9.15 Å². The number of furan rings is 1. The smallest absolute Gasteiger partial charge is 0.258 e. The number of rotatable bonds is 1. The molecular formula is C11H14BrNO3. The summed E-state index contributed by atoms with van der Waals surface area (Å²) in [5.41, 5.74) is 0.294. The average molecular weight is 288 g/mol. The van der Waals surface area contributed by atoms with Gasteiger partial charge < -0.3 is 14.1 Å². The molecule has 1 aromatic heterocycles. The van der Waals surface area contributed by atoms with E-state index in [1.165, 1.54) is 6.26 Å². The Hall–Kier alpha value is -0.810. The first kappa shape index (κ1) is 11.7. The largest absolute Gasteiger partial charge is 0.457 e. The van der Waals surface area contributed by atoms with Crippen molar-refractivity contribution < 1.29 is 13.9 Å². The van der Waals surface area contributed by atoms with E-state index in [1.54, 1.807) is 11.0 Å². The van der Waals surface area contributed by atoms with Gasteiger partial charge in [0.2, 0.25) is 0 Å². The summed E-state index contributed by atoms with van der Waals surface area (Å²) in [5, 5.41) is 0. The number of hydrogen-bond acceptors (Lipinski definition) is 3. The van der Waals surface area contributed by atoms with Crippen LogP contribution in [0.15, 0.2) is 21.4 Å². The van der Waals surface area contributed by atoms with E-state index >= 15 is 0 Å². The van der Waals surface area contributed by atoms with Gasteiger partial charge in [-0.3, -0.25) is 4.79 Å². The summed E-state index contributed by atoms with van der Waals surface area (Å²) in [5.74, 6) is -0.0167. The maximum atomic E-state index is 12.1. The summed E-state index contributed by atoms with van der Waals surface area (Å²) in [6, 6.07) is 1.68. The van der Waals surface area contributed by atoms with Gasteiger partial charge in [0.05, 0.1) is 24.0 Å². The molecule has 1 aromatic rings. The third-order valence-electron chi connectivity index (χ3n) is 2.56. The van der Waals surface area contributed by atoms with Gasteiger partial charge in [0.15, 0.2) is 4.67 Å². The molecule has 0 N–H and O–H groups in total. The van der Waals surface area contributed by atoms with E-state index in [2.05, 4.69) is 15.9 Å². The van der Waals surface area contributed by atoms with E-state index in [9.17, 15) is 4.79 Å². The van der Waals surface area contributed by atoms with Gasteiger partial charge in [-0.15, -0.1) is 0 Å². The molecule has 1 saturated heterocycles. The Bertz CT molecular complexity index is 400. The van der Waals surface area contributed by atoms with Gasteiger partial charge in [-0.1, -0.05) is 0 Å². The monoisotopic (exact) mass is 287 g/mol. The molecule has 1 aliphatic rings. The molecule has 0 unspecified atom stereocenters. The van der Waals surface area contributed by atoms with Crippen molar-refractivity contribution in [1.82, 2.24) is 4.90 Å². The van der Waals surface area contributed by atoms with E-state index in [1.807, 2.05) is 13.8 Å². The highest BCUT2D eigenvalue weighted by Crippen LogP contribution is 2.23. The third kappa shape index (κ3) is 2.30. The van der Waals surface area contributed by atoms with Crippen molar-refractivity contribution in [2.45, 2.75) is 19.4 Å². The Morgan fingerprint density at radius 2 is 2.31 bits per heavy atom. The second-order valence-corrected chi connectivity index (χ2v) is 5.16. The highest BCUT2D eigenvalue weighted by Gasteiger charge is 2.31. The van der Waals surface area contributed by atoms with Crippen LogP contribution < -0.4 is 0 Å². The zero-order valence-electron chi connectivity index (χ0n) is 9.33. The van der Waals surface area contributed by atoms with Crippen LogP contribution in [0.5, 0.6) is 0 Å². The molecule has 0 aromatic carbocycles. The quantitative estimate of drug-likeness (QED) is 0.796. The Labute approximate surface area is 103 Å². The number of halogens is 1. The second kappa shape index (κ2) is 4.22. The first-order valence-electron chi connectivity index (χ1n) is 5.16. The molecule has 1 aliphatic heterocycles. The van der Waals surface area contributed by atoms with Crippen LogP contribution in [0.3, 0.4) is 0 Å². The molecule has 88 valence electrons. The Morgan fingerprint density at radius 1 is 1.56 bits per heavy atom. The molecule has 16 heavy (non-hydrogen) atoms. The molecule has 0 spiro atoms. The summed E-state index contributed by atoms with van der Waals surface area (Å²) in [7, 11) is 0. The number of carbonyl (C=O) groups excluding carboxylic acids is 1. The molecule has 0 aliphatic carbocycles. The highest BCUT2D eigenvalue weighted by molar-refractivity contribution is 9.10. The van der Waals surface area contributed by atoms with Crippen LogP contribution in [0.1, 0.15) is 24.2 Å². The van der Waals surface area contributed by atoms with Crippen molar-refractivity contribution in [2.75, 3.05) is 19.7 Å². The fourth-order valence-corrected chi connectivity index (χ4v) is 2.22. The van der Waals surface area contributed by atoms with Crippen molar-refractivity contribution in [2.24, 2.45) is 0 Å². The standard InChI is InChI=1S/C11H14BrNO3/c1-11(2)7-13(4-6-16-11)10(14)8-3-5-15-9(8)12/h3,5H,4,6-7H2,1-2H3. The number of carbonyl (C=O) groups is 1. The zero-order valence-corrected chi connectivity index (χ0v) is 10.9. The molecule has 2 heterocycles. The van der Waals surface area contributed by atoms with Crippen LogP contribution in [0, 0.1) is 0 Å². The number of hydrogen-bond donors (Lipinski definition) is 0. The van der Waals surface area contributed by atoms with Gasteiger partial charge >= 0.3 is 0 Å². The Morgan fingerprint density at radius 3 is 2.88 bits per heavy atom. The fraction of sp³-hybridized carbons (Fsp3) is 0.545. The first-order valence-corrected chi connectivity index (χ1v) is 5.95. The first-order chi connectivity index (χ1) is 7.49. The zero-order chi connectivity index (χ0) is 11.8. The van der Waals surface area contributed by atoms with Gasteiger partial charge in [0.1, 0.15) is 0 Å². The summed E-state index contributed by atoms with van der Waals surface area (Å²) in [4.78, 5) is 13.9. The predicted octanol–water partition coefficient (Wildman–Crippen LogP) is 2.29. The lowest BCUT2D eigenvalue weighted by Crippen LogP contribution is -2.50. The molecule has 0 atom stereocenters. The Kier molecular flexibility index (Phi) is 3.08. The Balaban J connectivity index is 2.14. The molecular weight excluding hydrogens is 274 g/mol. The van der Waals surface area contributed by atoms with E-state index in [0.29, 0.717) is 29.9 Å². The molecule has 0 radical (unpaired) electrons. The van der Waals surface area contributed by atoms with Gasteiger partial charge in [-0.25, -0.2) is 0 Å². The lowest BCUT2D eigenvalue weighted by atomic mass is 10.1. The van der Waals surface area contributed by atoms with Crippen LogP contribution in [0.25, 0.3) is 0 Å². The predicted molar refractivity (Wildman–Crippen MR) is 62.3 cm³/mol. The van der Waals surface area contributed by atoms with Crippen molar-refractivity contribution in [3.63, 3.8) is 0 Å². The number of amides is 1. The summed E-state index contributed by atoms with van der Waals surface area (Å²) >= 11 is 3.22. The van der Waals surface area contributed by atoms with Crippen LogP contribution in [-0.2, 0) is 4.74 Å². The van der Waals surface area contributed by atoms with Gasteiger partial charge in [0, 0.05) is 13.1 Å². The maximum absolute atomic E-state index is 12.1. The van der Waals surface area contributed by atoms with Crippen molar-refractivity contribution in [1.29, 1.82) is 0 Å². The molecule has 0 saturated carbocycles. The SMILES string of the molecule is CC1(C)CN(C(=O)c2ccoc2Br)CCO1. The molecule has 4 nitrogen and oxygen atoms in total. The van der Waals surface area contributed by atoms with Crippen molar-refractivity contribution >= 4 is 21.8 Å². The second-order valence-electron chi connectivity index (χ2n) is 4.44. The van der Waals surface area contributed by atoms with Crippen LogP contribution in [0.4, 0.5) is 0 Å². The van der Waals surface area contributed by atoms with E-state index < -0.39 is 0 Å². The lowest BCUT2D eigenvalue weighted by Gasteiger charge is -2.38. The summed E-state index contributed by atoms with van der Waals surface area (Å²) < 4.78 is 11.1. The molecule has 1 fully saturated rings. The van der Waals surface area contributed by atoms with Crippen LogP contribution in [0.2, 0.25) is 0 Å². The van der Waals surface area contributed by atoms with Crippen molar-refractivity contribution in [3.8, 4) is 0 Å². The average Bonchev–Trinajstić information content (AvgIpc) is 2.62.